The predicted molar refractivity (Wildman–Crippen MR) is 117 cm³/mol. The number of ether oxygens (including phenoxy) is 1. The fraction of sp³-hybridized carbons (Fsp3) is 0.840. The van der Waals surface area contributed by atoms with Crippen LogP contribution in [-0.4, -0.2) is 48.1 Å². The summed E-state index contributed by atoms with van der Waals surface area (Å²) in [5, 5.41) is 15.3. The van der Waals surface area contributed by atoms with Gasteiger partial charge in [0.2, 0.25) is 0 Å². The maximum absolute atomic E-state index is 12.6. The predicted octanol–water partition coefficient (Wildman–Crippen LogP) is 3.66. The third-order valence-electron chi connectivity index (χ3n) is 9.98. The number of fused-ring (bicyclic) bond motifs is 5. The van der Waals surface area contributed by atoms with E-state index in [1.165, 1.54) is 0 Å². The number of carbonyl (C=O) groups is 1. The van der Waals surface area contributed by atoms with Gasteiger partial charge in [0.1, 0.15) is 12.5 Å². The molecule has 5 rings (SSSR count). The highest BCUT2D eigenvalue weighted by atomic mass is 16.5. The smallest absolute Gasteiger partial charge is 0.139 e. The van der Waals surface area contributed by atoms with Gasteiger partial charge in [0.25, 0.3) is 0 Å². The van der Waals surface area contributed by atoms with E-state index in [0.29, 0.717) is 36.7 Å². The Morgan fingerprint density at radius 2 is 2.03 bits per heavy atom. The molecule has 1 aliphatic heterocycles. The first-order chi connectivity index (χ1) is 14.3. The maximum atomic E-state index is 12.6. The molecule has 7 unspecified atom stereocenters. The highest BCUT2D eigenvalue weighted by molar-refractivity contribution is 5.88. The number of ketones is 1. The third kappa shape index (κ3) is 2.91. The average molecular weight is 415 g/mol. The Kier molecular flexibility index (Phi) is 5.03. The van der Waals surface area contributed by atoms with E-state index in [1.807, 2.05) is 0 Å². The van der Waals surface area contributed by atoms with Crippen LogP contribution in [0.25, 0.3) is 0 Å². The summed E-state index contributed by atoms with van der Waals surface area (Å²) in [5.41, 5.74) is 0.868. The Hall–Kier alpha value is -1.04. The van der Waals surface area contributed by atoms with E-state index in [1.54, 1.807) is 0 Å². The fourth-order valence-electron chi connectivity index (χ4n) is 7.94. The standard InChI is InChI=1S/C25H38N2O3/c1-16-12-19-20-4-5-22(28)23(20,2)9-7-21(19)24(3)10-6-17(13-25(16,24)29)27-15-30-18-8-11-26-14-18/h18-21,26,29H,1,4-15H2,2-3H3. The lowest BCUT2D eigenvalue weighted by Crippen LogP contribution is -2.63. The topological polar surface area (TPSA) is 70.9 Å². The van der Waals surface area contributed by atoms with Crippen molar-refractivity contribution in [1.82, 2.24) is 5.32 Å². The molecule has 0 amide bonds. The first-order valence-corrected chi connectivity index (χ1v) is 12.1. The number of carbonyl (C=O) groups excluding carboxylic acids is 1. The van der Waals surface area contributed by atoms with E-state index in [4.69, 9.17) is 9.73 Å². The molecule has 0 bridgehead atoms. The molecule has 4 aliphatic carbocycles. The van der Waals surface area contributed by atoms with Gasteiger partial charge in [-0.05, 0) is 74.8 Å². The normalized spacial score (nSPS) is 49.8. The van der Waals surface area contributed by atoms with Crippen molar-refractivity contribution in [2.24, 2.45) is 33.6 Å². The molecule has 1 saturated heterocycles. The van der Waals surface area contributed by atoms with Gasteiger partial charge in [0.15, 0.2) is 0 Å². The van der Waals surface area contributed by atoms with Crippen molar-refractivity contribution in [2.45, 2.75) is 83.3 Å². The van der Waals surface area contributed by atoms with Crippen LogP contribution in [0.4, 0.5) is 0 Å². The number of aliphatic imine (C=N–C) groups is 1. The fourth-order valence-corrected chi connectivity index (χ4v) is 7.94. The molecule has 0 aromatic heterocycles. The van der Waals surface area contributed by atoms with E-state index >= 15 is 0 Å². The van der Waals surface area contributed by atoms with Gasteiger partial charge in [-0.1, -0.05) is 20.4 Å². The lowest BCUT2D eigenvalue weighted by Gasteiger charge is -2.63. The van der Waals surface area contributed by atoms with Gasteiger partial charge in [-0.25, -0.2) is 0 Å². The van der Waals surface area contributed by atoms with Crippen molar-refractivity contribution < 1.29 is 14.6 Å². The number of aliphatic hydroxyl groups is 1. The summed E-state index contributed by atoms with van der Waals surface area (Å²) >= 11 is 0. The quantitative estimate of drug-likeness (QED) is 0.692. The first kappa shape index (κ1) is 20.8. The minimum atomic E-state index is -0.878. The van der Waals surface area contributed by atoms with Crippen LogP contribution in [-0.2, 0) is 9.53 Å². The van der Waals surface area contributed by atoms with Crippen molar-refractivity contribution in [3.05, 3.63) is 12.2 Å². The first-order valence-electron chi connectivity index (χ1n) is 12.1. The largest absolute Gasteiger partial charge is 0.385 e. The number of Topliss-reactive ketones (excluding diaryl/α,β-unsaturated/α-hetero) is 1. The SMILES string of the molecule is C=C1CC2C3CCC(=O)C3(C)CCC2C2(C)CCC(=NCOC3CCNC3)CC12O. The zero-order valence-corrected chi connectivity index (χ0v) is 18.7. The molecule has 166 valence electrons. The van der Waals surface area contributed by atoms with Crippen molar-refractivity contribution in [3.63, 3.8) is 0 Å². The van der Waals surface area contributed by atoms with E-state index in [9.17, 15) is 9.90 Å². The summed E-state index contributed by atoms with van der Waals surface area (Å²) in [6.07, 6.45) is 8.47. The van der Waals surface area contributed by atoms with Crippen molar-refractivity contribution >= 4 is 11.5 Å². The lowest BCUT2D eigenvalue weighted by atomic mass is 9.43. The Labute approximate surface area is 180 Å². The van der Waals surface area contributed by atoms with Crippen LogP contribution in [0.2, 0.25) is 0 Å². The highest BCUT2D eigenvalue weighted by Crippen LogP contribution is 2.67. The zero-order chi connectivity index (χ0) is 21.1. The second-order valence-corrected chi connectivity index (χ2v) is 11.2. The number of hydrogen-bond acceptors (Lipinski definition) is 5. The van der Waals surface area contributed by atoms with Crippen molar-refractivity contribution in [2.75, 3.05) is 19.8 Å². The summed E-state index contributed by atoms with van der Waals surface area (Å²) in [7, 11) is 0. The molecule has 4 saturated carbocycles. The molecular weight excluding hydrogens is 376 g/mol. The monoisotopic (exact) mass is 414 g/mol. The number of nitrogens with zero attached hydrogens (tertiary/aromatic N) is 1. The van der Waals surface area contributed by atoms with Gasteiger partial charge >= 0.3 is 0 Å². The maximum Gasteiger partial charge on any atom is 0.139 e. The minimum absolute atomic E-state index is 0.138. The minimum Gasteiger partial charge on any atom is -0.385 e. The Morgan fingerprint density at radius 1 is 1.20 bits per heavy atom. The van der Waals surface area contributed by atoms with E-state index in [0.717, 1.165) is 75.7 Å². The van der Waals surface area contributed by atoms with Crippen LogP contribution in [0.5, 0.6) is 0 Å². The molecule has 30 heavy (non-hydrogen) atoms. The molecule has 5 nitrogen and oxygen atoms in total. The molecule has 0 spiro atoms. The van der Waals surface area contributed by atoms with Crippen molar-refractivity contribution in [1.29, 1.82) is 0 Å². The summed E-state index contributed by atoms with van der Waals surface area (Å²) in [6, 6.07) is 0. The van der Waals surface area contributed by atoms with Gasteiger partial charge in [0.05, 0.1) is 11.7 Å². The number of nitrogens with one attached hydrogen (secondary N) is 1. The van der Waals surface area contributed by atoms with Gasteiger partial charge < -0.3 is 15.2 Å². The number of rotatable bonds is 3. The van der Waals surface area contributed by atoms with Gasteiger partial charge in [-0.15, -0.1) is 0 Å². The molecule has 5 aliphatic rings. The van der Waals surface area contributed by atoms with Crippen LogP contribution in [0, 0.1) is 28.6 Å². The van der Waals surface area contributed by atoms with Gasteiger partial charge in [0, 0.05) is 35.9 Å². The second-order valence-electron chi connectivity index (χ2n) is 11.2. The van der Waals surface area contributed by atoms with E-state index in [2.05, 4.69) is 25.7 Å². The summed E-state index contributed by atoms with van der Waals surface area (Å²) in [4.78, 5) is 17.4. The number of hydrogen-bond donors (Lipinski definition) is 2. The molecule has 0 radical (unpaired) electrons. The Bertz CT molecular complexity index is 772. The van der Waals surface area contributed by atoms with Crippen LogP contribution >= 0.6 is 0 Å². The van der Waals surface area contributed by atoms with Crippen LogP contribution < -0.4 is 5.32 Å². The summed E-state index contributed by atoms with van der Waals surface area (Å²) in [5.74, 6) is 1.90. The molecule has 5 heteroatoms. The summed E-state index contributed by atoms with van der Waals surface area (Å²) < 4.78 is 5.90. The molecule has 0 aromatic carbocycles. The third-order valence-corrected chi connectivity index (χ3v) is 9.98. The molecule has 1 heterocycles. The highest BCUT2D eigenvalue weighted by Gasteiger charge is 2.65. The zero-order valence-electron chi connectivity index (χ0n) is 18.7. The second kappa shape index (κ2) is 7.25. The lowest BCUT2D eigenvalue weighted by molar-refractivity contribution is -0.161. The van der Waals surface area contributed by atoms with Crippen molar-refractivity contribution in [3.8, 4) is 0 Å². The Balaban J connectivity index is 1.35. The molecular formula is C25H38N2O3. The molecule has 5 fully saturated rings. The van der Waals surface area contributed by atoms with Crippen LogP contribution in [0.3, 0.4) is 0 Å². The van der Waals surface area contributed by atoms with Gasteiger partial charge in [-0.3, -0.25) is 9.79 Å². The summed E-state index contributed by atoms with van der Waals surface area (Å²) in [6.45, 7) is 11.2. The molecule has 7 atom stereocenters. The van der Waals surface area contributed by atoms with Gasteiger partial charge in [-0.2, -0.15) is 0 Å². The average Bonchev–Trinajstić information content (AvgIpc) is 3.33. The Morgan fingerprint density at radius 3 is 2.80 bits per heavy atom. The van der Waals surface area contributed by atoms with Crippen LogP contribution in [0.15, 0.2) is 17.1 Å². The van der Waals surface area contributed by atoms with E-state index < -0.39 is 5.60 Å². The molecule has 0 aromatic rings. The molecule has 2 N–H and O–H groups in total. The van der Waals surface area contributed by atoms with Crippen LogP contribution in [0.1, 0.15) is 71.6 Å². The van der Waals surface area contributed by atoms with E-state index in [-0.39, 0.29) is 16.9 Å².